The Kier molecular flexibility index (Phi) is 5.46. The van der Waals surface area contributed by atoms with E-state index in [2.05, 4.69) is 40.1 Å². The third kappa shape index (κ3) is 3.93. The SMILES string of the molecule is CCC(CC)CNC(=O)c1ccc(Br)nc1. The molecule has 0 atom stereocenters. The Bertz CT molecular complexity index is 333. The maximum atomic E-state index is 11.7. The van der Waals surface area contributed by atoms with Crippen LogP contribution in [-0.2, 0) is 0 Å². The molecule has 3 nitrogen and oxygen atoms in total. The Morgan fingerprint density at radius 3 is 2.62 bits per heavy atom. The number of carbonyl (C=O) groups excluding carboxylic acids is 1. The second-order valence-corrected chi connectivity index (χ2v) is 4.57. The van der Waals surface area contributed by atoms with Gasteiger partial charge in [0, 0.05) is 12.7 Å². The van der Waals surface area contributed by atoms with Gasteiger partial charge in [0.2, 0.25) is 0 Å². The van der Waals surface area contributed by atoms with Gasteiger partial charge >= 0.3 is 0 Å². The molecule has 0 spiro atoms. The van der Waals surface area contributed by atoms with Gasteiger partial charge in [-0.2, -0.15) is 0 Å². The molecule has 0 saturated carbocycles. The van der Waals surface area contributed by atoms with Crippen molar-refractivity contribution < 1.29 is 4.79 Å². The summed E-state index contributed by atoms with van der Waals surface area (Å²) in [5.74, 6) is 0.513. The van der Waals surface area contributed by atoms with Gasteiger partial charge in [0.05, 0.1) is 5.56 Å². The molecule has 0 unspecified atom stereocenters. The molecule has 0 aliphatic carbocycles. The number of rotatable bonds is 5. The number of nitrogens with zero attached hydrogens (tertiary/aromatic N) is 1. The number of hydrogen-bond donors (Lipinski definition) is 1. The third-order valence-corrected chi connectivity index (χ3v) is 3.16. The van der Waals surface area contributed by atoms with E-state index < -0.39 is 0 Å². The molecule has 1 N–H and O–H groups in total. The summed E-state index contributed by atoms with van der Waals surface area (Å²) in [4.78, 5) is 15.7. The molecule has 0 fully saturated rings. The summed E-state index contributed by atoms with van der Waals surface area (Å²) in [7, 11) is 0. The molecule has 4 heteroatoms. The molecule has 0 aliphatic heterocycles. The summed E-state index contributed by atoms with van der Waals surface area (Å²) >= 11 is 3.24. The average Bonchev–Trinajstić information content (AvgIpc) is 2.31. The standard InChI is InChI=1S/C12H17BrN2O/c1-3-9(4-2)7-15-12(16)10-5-6-11(13)14-8-10/h5-6,8-9H,3-4,7H2,1-2H3,(H,15,16). The number of pyridine rings is 1. The van der Waals surface area contributed by atoms with E-state index in [0.717, 1.165) is 24.0 Å². The minimum absolute atomic E-state index is 0.0492. The number of aromatic nitrogens is 1. The Balaban J connectivity index is 2.49. The Morgan fingerprint density at radius 1 is 1.44 bits per heavy atom. The van der Waals surface area contributed by atoms with E-state index in [4.69, 9.17) is 0 Å². The second kappa shape index (κ2) is 6.63. The molecule has 16 heavy (non-hydrogen) atoms. The number of carbonyl (C=O) groups is 1. The van der Waals surface area contributed by atoms with Gasteiger partial charge in [0.1, 0.15) is 4.60 Å². The topological polar surface area (TPSA) is 42.0 Å². The highest BCUT2D eigenvalue weighted by atomic mass is 79.9. The highest BCUT2D eigenvalue weighted by molar-refractivity contribution is 9.10. The molecule has 1 amide bonds. The van der Waals surface area contributed by atoms with Crippen LogP contribution in [0.25, 0.3) is 0 Å². The molecule has 0 radical (unpaired) electrons. The highest BCUT2D eigenvalue weighted by Crippen LogP contribution is 2.08. The maximum Gasteiger partial charge on any atom is 0.252 e. The smallest absolute Gasteiger partial charge is 0.252 e. The third-order valence-electron chi connectivity index (χ3n) is 2.70. The van der Waals surface area contributed by atoms with Crippen LogP contribution in [0.1, 0.15) is 37.0 Å². The van der Waals surface area contributed by atoms with Gasteiger partial charge in [0.25, 0.3) is 5.91 Å². The van der Waals surface area contributed by atoms with E-state index in [-0.39, 0.29) is 5.91 Å². The lowest BCUT2D eigenvalue weighted by atomic mass is 10.0. The fourth-order valence-electron chi connectivity index (χ4n) is 1.43. The monoisotopic (exact) mass is 284 g/mol. The Labute approximate surface area is 105 Å². The molecule has 1 heterocycles. The van der Waals surface area contributed by atoms with E-state index in [9.17, 15) is 4.79 Å². The highest BCUT2D eigenvalue weighted by Gasteiger charge is 2.08. The normalized spacial score (nSPS) is 10.5. The van der Waals surface area contributed by atoms with E-state index in [0.29, 0.717) is 11.5 Å². The number of hydrogen-bond acceptors (Lipinski definition) is 2. The van der Waals surface area contributed by atoms with Crippen molar-refractivity contribution in [3.8, 4) is 0 Å². The summed E-state index contributed by atoms with van der Waals surface area (Å²) in [5.41, 5.74) is 0.606. The van der Waals surface area contributed by atoms with Crippen molar-refractivity contribution in [2.24, 2.45) is 5.92 Å². The lowest BCUT2D eigenvalue weighted by Crippen LogP contribution is -2.28. The summed E-state index contributed by atoms with van der Waals surface area (Å²) in [6.07, 6.45) is 3.76. The van der Waals surface area contributed by atoms with E-state index in [1.165, 1.54) is 0 Å². The molecular formula is C12H17BrN2O. The van der Waals surface area contributed by atoms with Crippen molar-refractivity contribution in [1.29, 1.82) is 0 Å². The molecule has 0 aliphatic rings. The van der Waals surface area contributed by atoms with Gasteiger partial charge in [-0.25, -0.2) is 4.98 Å². The van der Waals surface area contributed by atoms with Crippen LogP contribution in [0, 0.1) is 5.92 Å². The van der Waals surface area contributed by atoms with Crippen molar-refractivity contribution in [2.45, 2.75) is 26.7 Å². The van der Waals surface area contributed by atoms with Gasteiger partial charge in [-0.1, -0.05) is 26.7 Å². The minimum atomic E-state index is -0.0492. The second-order valence-electron chi connectivity index (χ2n) is 3.76. The first-order valence-corrected chi connectivity index (χ1v) is 6.36. The van der Waals surface area contributed by atoms with Crippen molar-refractivity contribution in [1.82, 2.24) is 10.3 Å². The first kappa shape index (κ1) is 13.2. The number of amides is 1. The molecular weight excluding hydrogens is 268 g/mol. The fraction of sp³-hybridized carbons (Fsp3) is 0.500. The summed E-state index contributed by atoms with van der Waals surface area (Å²) < 4.78 is 0.740. The Morgan fingerprint density at radius 2 is 2.12 bits per heavy atom. The van der Waals surface area contributed by atoms with E-state index in [1.54, 1.807) is 18.3 Å². The maximum absolute atomic E-state index is 11.7. The molecule has 0 saturated heterocycles. The first-order valence-electron chi connectivity index (χ1n) is 5.57. The van der Waals surface area contributed by atoms with Crippen LogP contribution >= 0.6 is 15.9 Å². The zero-order valence-corrected chi connectivity index (χ0v) is 11.3. The predicted molar refractivity (Wildman–Crippen MR) is 68.3 cm³/mol. The predicted octanol–water partition coefficient (Wildman–Crippen LogP) is 3.01. The van der Waals surface area contributed by atoms with Crippen molar-refractivity contribution in [3.63, 3.8) is 0 Å². The van der Waals surface area contributed by atoms with E-state index >= 15 is 0 Å². The quantitative estimate of drug-likeness (QED) is 0.845. The fourth-order valence-corrected chi connectivity index (χ4v) is 1.66. The van der Waals surface area contributed by atoms with Crippen molar-refractivity contribution >= 4 is 21.8 Å². The molecule has 88 valence electrons. The van der Waals surface area contributed by atoms with Crippen molar-refractivity contribution in [2.75, 3.05) is 6.54 Å². The van der Waals surface area contributed by atoms with Gasteiger partial charge in [-0.3, -0.25) is 4.79 Å². The van der Waals surface area contributed by atoms with Gasteiger partial charge in [-0.15, -0.1) is 0 Å². The van der Waals surface area contributed by atoms with Crippen LogP contribution in [-0.4, -0.2) is 17.4 Å². The van der Waals surface area contributed by atoms with Gasteiger partial charge < -0.3 is 5.32 Å². The van der Waals surface area contributed by atoms with Gasteiger partial charge in [-0.05, 0) is 34.0 Å². The van der Waals surface area contributed by atoms with Crippen LogP contribution in [0.2, 0.25) is 0 Å². The van der Waals surface area contributed by atoms with Crippen molar-refractivity contribution in [3.05, 3.63) is 28.5 Å². The molecule has 0 bridgehead atoms. The van der Waals surface area contributed by atoms with Crippen LogP contribution in [0.3, 0.4) is 0 Å². The van der Waals surface area contributed by atoms with Crippen LogP contribution in [0.5, 0.6) is 0 Å². The lowest BCUT2D eigenvalue weighted by molar-refractivity contribution is 0.0946. The lowest BCUT2D eigenvalue weighted by Gasteiger charge is -2.13. The summed E-state index contributed by atoms with van der Waals surface area (Å²) in [5, 5.41) is 2.93. The Hall–Kier alpha value is -0.900. The number of nitrogens with one attached hydrogen (secondary N) is 1. The first-order chi connectivity index (χ1) is 7.67. The van der Waals surface area contributed by atoms with Crippen LogP contribution < -0.4 is 5.32 Å². The molecule has 1 aromatic heterocycles. The summed E-state index contributed by atoms with van der Waals surface area (Å²) in [6, 6.07) is 3.53. The minimum Gasteiger partial charge on any atom is -0.352 e. The zero-order valence-electron chi connectivity index (χ0n) is 9.66. The molecule has 1 aromatic rings. The summed E-state index contributed by atoms with van der Waals surface area (Å²) in [6.45, 7) is 5.02. The molecule has 1 rings (SSSR count). The zero-order chi connectivity index (χ0) is 12.0. The van der Waals surface area contributed by atoms with Gasteiger partial charge in [0.15, 0.2) is 0 Å². The van der Waals surface area contributed by atoms with E-state index in [1.807, 2.05) is 0 Å². The van der Waals surface area contributed by atoms with Crippen LogP contribution in [0.15, 0.2) is 22.9 Å². The van der Waals surface area contributed by atoms with Crippen LogP contribution in [0.4, 0.5) is 0 Å². The average molecular weight is 285 g/mol. The number of halogens is 1. The largest absolute Gasteiger partial charge is 0.352 e. The molecule has 0 aromatic carbocycles.